The molecule has 0 aromatic heterocycles. The molecule has 0 saturated heterocycles. The van der Waals surface area contributed by atoms with Crippen molar-refractivity contribution < 1.29 is 14.3 Å². The highest BCUT2D eigenvalue weighted by Crippen LogP contribution is 2.67. The SMILES string of the molecule is C[C@]12CCCCC1CCC1C2CC[C@]2(C)C(CC(CC(=O)OF)N=O)CCC12. The van der Waals surface area contributed by atoms with Crippen LogP contribution in [0.3, 0.4) is 0 Å². The number of nitrogens with zero attached hydrogens (tertiary/aromatic N) is 1. The fraction of sp³-hybridized carbons (Fsp3) is 0.957. The van der Waals surface area contributed by atoms with Crippen LogP contribution in [0.4, 0.5) is 4.53 Å². The van der Waals surface area contributed by atoms with Crippen molar-refractivity contribution in [2.45, 2.75) is 96.9 Å². The van der Waals surface area contributed by atoms with Crippen molar-refractivity contribution in [1.82, 2.24) is 0 Å². The van der Waals surface area contributed by atoms with Gasteiger partial charge in [-0.3, -0.25) is 4.94 Å². The average molecular weight is 394 g/mol. The normalized spacial score (nSPS) is 46.0. The molecular formula is C23H36FNO3. The third-order valence-electron chi connectivity index (χ3n) is 9.97. The first kappa shape index (κ1) is 20.3. The minimum Gasteiger partial charge on any atom is -0.255 e. The molecule has 0 bridgehead atoms. The molecule has 0 aliphatic heterocycles. The number of halogens is 1. The molecular weight excluding hydrogens is 357 g/mol. The summed E-state index contributed by atoms with van der Waals surface area (Å²) in [5, 5.41) is 3.14. The quantitative estimate of drug-likeness (QED) is 0.509. The van der Waals surface area contributed by atoms with E-state index in [0.29, 0.717) is 17.8 Å². The zero-order valence-electron chi connectivity index (χ0n) is 17.5. The van der Waals surface area contributed by atoms with Crippen molar-refractivity contribution in [3.63, 3.8) is 0 Å². The lowest BCUT2D eigenvalue weighted by Gasteiger charge is -2.60. The van der Waals surface area contributed by atoms with Crippen LogP contribution in [0.5, 0.6) is 0 Å². The summed E-state index contributed by atoms with van der Waals surface area (Å²) in [6.45, 7) is 5.02. The Hall–Kier alpha value is -1.00. The van der Waals surface area contributed by atoms with E-state index < -0.39 is 12.0 Å². The van der Waals surface area contributed by atoms with Gasteiger partial charge in [0.05, 0.1) is 6.42 Å². The van der Waals surface area contributed by atoms with Crippen LogP contribution >= 0.6 is 0 Å². The molecule has 0 aromatic carbocycles. The lowest BCUT2D eigenvalue weighted by atomic mass is 9.45. The second-order valence-electron chi connectivity index (χ2n) is 10.9. The van der Waals surface area contributed by atoms with E-state index >= 15 is 0 Å². The number of carbonyl (C=O) groups is 1. The minimum absolute atomic E-state index is 0.233. The largest absolute Gasteiger partial charge is 0.351 e. The van der Waals surface area contributed by atoms with E-state index in [4.69, 9.17) is 0 Å². The molecule has 4 fully saturated rings. The van der Waals surface area contributed by atoms with E-state index in [1.165, 1.54) is 57.8 Å². The summed E-state index contributed by atoms with van der Waals surface area (Å²) in [6.07, 6.45) is 13.7. The van der Waals surface area contributed by atoms with Gasteiger partial charge in [-0.05, 0) is 98.2 Å². The Labute approximate surface area is 168 Å². The molecule has 28 heavy (non-hydrogen) atoms. The monoisotopic (exact) mass is 393 g/mol. The van der Waals surface area contributed by atoms with E-state index in [0.717, 1.165) is 30.1 Å². The first-order valence-electron chi connectivity index (χ1n) is 11.6. The molecule has 5 heteroatoms. The summed E-state index contributed by atoms with van der Waals surface area (Å²) < 4.78 is 12.1. The predicted octanol–water partition coefficient (Wildman–Crippen LogP) is 6.38. The highest BCUT2D eigenvalue weighted by molar-refractivity contribution is 5.69. The van der Waals surface area contributed by atoms with E-state index in [-0.39, 0.29) is 11.8 Å². The van der Waals surface area contributed by atoms with Gasteiger partial charge >= 0.3 is 5.97 Å². The maximum atomic E-state index is 12.1. The predicted molar refractivity (Wildman–Crippen MR) is 106 cm³/mol. The minimum atomic E-state index is -0.975. The topological polar surface area (TPSA) is 55.7 Å². The molecule has 0 spiro atoms. The highest BCUT2D eigenvalue weighted by Gasteiger charge is 2.59. The van der Waals surface area contributed by atoms with Crippen molar-refractivity contribution in [3.05, 3.63) is 4.91 Å². The molecule has 8 atom stereocenters. The van der Waals surface area contributed by atoms with Gasteiger partial charge in [0.1, 0.15) is 6.04 Å². The van der Waals surface area contributed by atoms with Gasteiger partial charge < -0.3 is 0 Å². The third kappa shape index (κ3) is 3.21. The van der Waals surface area contributed by atoms with Gasteiger partial charge in [-0.2, -0.15) is 4.91 Å². The number of hydrogen-bond donors (Lipinski definition) is 0. The molecule has 4 saturated carbocycles. The maximum absolute atomic E-state index is 12.1. The molecule has 6 unspecified atom stereocenters. The number of nitroso groups, excluding NO2 is 1. The van der Waals surface area contributed by atoms with Crippen LogP contribution in [0, 0.1) is 45.3 Å². The van der Waals surface area contributed by atoms with Crippen LogP contribution in [-0.2, 0) is 9.74 Å². The van der Waals surface area contributed by atoms with Crippen LogP contribution in [0.1, 0.15) is 90.9 Å². The van der Waals surface area contributed by atoms with Gasteiger partial charge in [-0.1, -0.05) is 31.9 Å². The molecule has 0 aromatic rings. The van der Waals surface area contributed by atoms with Gasteiger partial charge in [0.2, 0.25) is 0 Å². The lowest BCUT2D eigenvalue weighted by Crippen LogP contribution is -2.52. The standard InChI is InChI=1S/C23H36FNO3/c1-22-11-4-3-5-15(22)6-8-18-19-9-7-16(23(19,2)12-10-20(18)22)13-17(25-27)14-21(26)28-24/h15-20H,3-14H2,1-2H3/t15?,16?,17?,18?,19?,20?,22-,23+/m0/s1. The van der Waals surface area contributed by atoms with Gasteiger partial charge in [0.15, 0.2) is 0 Å². The number of rotatable bonds is 5. The Morgan fingerprint density at radius 2 is 1.82 bits per heavy atom. The van der Waals surface area contributed by atoms with Crippen molar-refractivity contribution in [2.75, 3.05) is 0 Å². The van der Waals surface area contributed by atoms with E-state index in [1.807, 2.05) is 0 Å². The molecule has 0 amide bonds. The Morgan fingerprint density at radius 3 is 2.57 bits per heavy atom. The number of fused-ring (bicyclic) bond motifs is 5. The average Bonchev–Trinajstić information content (AvgIpc) is 3.03. The first-order valence-corrected chi connectivity index (χ1v) is 11.6. The van der Waals surface area contributed by atoms with Crippen LogP contribution in [0.15, 0.2) is 5.18 Å². The van der Waals surface area contributed by atoms with Crippen molar-refractivity contribution >= 4 is 5.97 Å². The Morgan fingerprint density at radius 1 is 1.04 bits per heavy atom. The summed E-state index contributed by atoms with van der Waals surface area (Å²) in [4.78, 5) is 25.8. The second kappa shape index (κ2) is 7.68. The number of carbonyl (C=O) groups excluding carboxylic acids is 1. The Balaban J connectivity index is 1.49. The van der Waals surface area contributed by atoms with E-state index in [9.17, 15) is 14.2 Å². The summed E-state index contributed by atoms with van der Waals surface area (Å²) in [5.74, 6) is 2.78. The molecule has 4 rings (SSSR count). The molecule has 0 N–H and O–H groups in total. The molecule has 4 aliphatic rings. The zero-order valence-corrected chi connectivity index (χ0v) is 17.5. The molecule has 4 nitrogen and oxygen atoms in total. The van der Waals surface area contributed by atoms with Crippen LogP contribution in [-0.4, -0.2) is 12.0 Å². The van der Waals surface area contributed by atoms with Crippen LogP contribution < -0.4 is 0 Å². The second-order valence-corrected chi connectivity index (χ2v) is 10.9. The molecule has 4 aliphatic carbocycles. The molecule has 158 valence electrons. The van der Waals surface area contributed by atoms with Crippen LogP contribution in [0.25, 0.3) is 0 Å². The summed E-state index contributed by atoms with van der Waals surface area (Å²) >= 11 is 0. The van der Waals surface area contributed by atoms with Crippen LogP contribution in [0.2, 0.25) is 0 Å². The van der Waals surface area contributed by atoms with Crippen molar-refractivity contribution in [3.8, 4) is 0 Å². The first-order chi connectivity index (χ1) is 13.4. The fourth-order valence-corrected chi connectivity index (χ4v) is 8.51. The Bertz CT molecular complexity index is 613. The zero-order chi connectivity index (χ0) is 19.9. The maximum Gasteiger partial charge on any atom is 0.351 e. The van der Waals surface area contributed by atoms with Gasteiger partial charge in [-0.25, -0.2) is 4.79 Å². The smallest absolute Gasteiger partial charge is 0.255 e. The highest BCUT2D eigenvalue weighted by atomic mass is 19.3. The van der Waals surface area contributed by atoms with Crippen molar-refractivity contribution in [1.29, 1.82) is 0 Å². The summed E-state index contributed by atoms with van der Waals surface area (Å²) in [6, 6.07) is -0.659. The third-order valence-corrected chi connectivity index (χ3v) is 9.97. The van der Waals surface area contributed by atoms with E-state index in [2.05, 4.69) is 24.0 Å². The Kier molecular flexibility index (Phi) is 5.56. The summed E-state index contributed by atoms with van der Waals surface area (Å²) in [5.41, 5.74) is 0.778. The van der Waals surface area contributed by atoms with E-state index in [1.54, 1.807) is 0 Å². The van der Waals surface area contributed by atoms with Gasteiger partial charge in [0.25, 0.3) is 0 Å². The van der Waals surface area contributed by atoms with Gasteiger partial charge in [-0.15, -0.1) is 0 Å². The van der Waals surface area contributed by atoms with Crippen molar-refractivity contribution in [2.24, 2.45) is 45.6 Å². The fourth-order valence-electron chi connectivity index (χ4n) is 8.51. The molecule has 0 heterocycles. The number of hydrogen-bond acceptors (Lipinski definition) is 4. The van der Waals surface area contributed by atoms with Gasteiger partial charge in [0, 0.05) is 4.53 Å². The lowest BCUT2D eigenvalue weighted by molar-refractivity contribution is -0.184. The summed E-state index contributed by atoms with van der Waals surface area (Å²) in [7, 11) is 0. The molecule has 0 radical (unpaired) electrons.